The second-order valence-corrected chi connectivity index (χ2v) is 9.06. The van der Waals surface area contributed by atoms with E-state index in [2.05, 4.69) is 15.2 Å². The van der Waals surface area contributed by atoms with Gasteiger partial charge in [-0.05, 0) is 44.0 Å². The van der Waals surface area contributed by atoms with E-state index in [-0.39, 0.29) is 5.91 Å². The minimum atomic E-state index is -0.813. The molecule has 7 nitrogen and oxygen atoms in total. The molecule has 0 bridgehead atoms. The van der Waals surface area contributed by atoms with Crippen molar-refractivity contribution in [2.75, 3.05) is 7.05 Å². The van der Waals surface area contributed by atoms with Crippen LogP contribution in [-0.2, 0) is 18.5 Å². The number of rotatable bonds is 7. The molecule has 4 rings (SSSR count). The maximum atomic E-state index is 12.9. The molecule has 4 aromatic rings. The lowest BCUT2D eigenvalue weighted by Gasteiger charge is -2.20. The fourth-order valence-corrected chi connectivity index (χ4v) is 4.25. The van der Waals surface area contributed by atoms with Crippen LogP contribution in [-0.4, -0.2) is 33.0 Å². The quantitative estimate of drug-likeness (QED) is 0.456. The number of hydrogen-bond acceptors (Lipinski definition) is 7. The van der Waals surface area contributed by atoms with Crippen molar-refractivity contribution in [1.29, 1.82) is 0 Å². The molecule has 0 aliphatic heterocycles. The molecule has 0 aliphatic carbocycles. The van der Waals surface area contributed by atoms with Crippen molar-refractivity contribution in [3.05, 3.63) is 87.7 Å². The zero-order valence-electron chi connectivity index (χ0n) is 18.3. The molecule has 2 aromatic carbocycles. The lowest BCUT2D eigenvalue weighted by molar-refractivity contribution is 0.0785. The van der Waals surface area contributed by atoms with Crippen LogP contribution in [0.3, 0.4) is 0 Å². The number of aryl methyl sites for hydroxylation is 1. The molecule has 2 N–H and O–H groups in total. The van der Waals surface area contributed by atoms with E-state index in [1.165, 1.54) is 0 Å². The highest BCUT2D eigenvalue weighted by Crippen LogP contribution is 2.26. The number of nitrogens with zero attached hydrogens (tertiary/aromatic N) is 4. The fraction of sp³-hybridized carbons (Fsp3) is 0.250. The molecule has 8 heteroatoms. The van der Waals surface area contributed by atoms with Crippen LogP contribution < -0.4 is 5.73 Å². The van der Waals surface area contributed by atoms with E-state index in [1.54, 1.807) is 41.5 Å². The van der Waals surface area contributed by atoms with E-state index in [9.17, 15) is 4.79 Å². The lowest BCUT2D eigenvalue weighted by Crippen LogP contribution is -2.35. The van der Waals surface area contributed by atoms with Gasteiger partial charge in [0.15, 0.2) is 0 Å². The third-order valence-corrected chi connectivity index (χ3v) is 6.02. The van der Waals surface area contributed by atoms with Gasteiger partial charge in [-0.2, -0.15) is 0 Å². The molecular weight excluding hydrogens is 422 g/mol. The van der Waals surface area contributed by atoms with Crippen molar-refractivity contribution in [2.45, 2.75) is 32.4 Å². The molecule has 0 aliphatic rings. The Morgan fingerprint density at radius 3 is 2.66 bits per heavy atom. The van der Waals surface area contributed by atoms with Gasteiger partial charge >= 0.3 is 0 Å². The van der Waals surface area contributed by atoms with Crippen molar-refractivity contribution < 1.29 is 9.21 Å². The number of aromatic nitrogens is 3. The summed E-state index contributed by atoms with van der Waals surface area (Å²) in [5, 5.41) is 11.2. The van der Waals surface area contributed by atoms with Gasteiger partial charge in [-0.1, -0.05) is 36.4 Å². The molecule has 0 fully saturated rings. The summed E-state index contributed by atoms with van der Waals surface area (Å²) in [6.45, 7) is 4.26. The molecule has 32 heavy (non-hydrogen) atoms. The van der Waals surface area contributed by atoms with E-state index < -0.39 is 5.54 Å². The van der Waals surface area contributed by atoms with Gasteiger partial charge in [-0.3, -0.25) is 4.79 Å². The summed E-state index contributed by atoms with van der Waals surface area (Å²) < 4.78 is 5.92. The Kier molecular flexibility index (Phi) is 6.16. The maximum absolute atomic E-state index is 12.9. The summed E-state index contributed by atoms with van der Waals surface area (Å²) in [5.74, 6) is 0.578. The molecule has 0 saturated carbocycles. The zero-order valence-corrected chi connectivity index (χ0v) is 19.1. The predicted octanol–water partition coefficient (Wildman–Crippen LogP) is 4.19. The number of benzene rings is 2. The van der Waals surface area contributed by atoms with Gasteiger partial charge in [0.2, 0.25) is 11.8 Å². The van der Waals surface area contributed by atoms with Crippen molar-refractivity contribution in [3.63, 3.8) is 0 Å². The highest BCUT2D eigenvalue weighted by atomic mass is 32.1. The molecule has 1 atom stereocenters. The number of carbonyl (C=O) groups excluding carboxylic acids is 1. The first-order valence-electron chi connectivity index (χ1n) is 10.3. The van der Waals surface area contributed by atoms with Crippen LogP contribution >= 0.6 is 11.3 Å². The Bertz CT molecular complexity index is 1220. The largest absolute Gasteiger partial charge is 0.419 e. The van der Waals surface area contributed by atoms with E-state index in [4.69, 9.17) is 10.2 Å². The van der Waals surface area contributed by atoms with Crippen LogP contribution in [0.4, 0.5) is 0 Å². The van der Waals surface area contributed by atoms with Crippen molar-refractivity contribution in [2.24, 2.45) is 5.73 Å². The van der Waals surface area contributed by atoms with Gasteiger partial charge in [-0.15, -0.1) is 21.5 Å². The molecule has 2 heterocycles. The molecular formula is C24H25N5O2S. The Morgan fingerprint density at radius 2 is 1.94 bits per heavy atom. The van der Waals surface area contributed by atoms with E-state index >= 15 is 0 Å². The van der Waals surface area contributed by atoms with Gasteiger partial charge < -0.3 is 15.1 Å². The highest BCUT2D eigenvalue weighted by Gasteiger charge is 2.29. The Balaban J connectivity index is 1.51. The number of amides is 1. The Labute approximate surface area is 190 Å². The molecule has 1 amide bonds. The minimum absolute atomic E-state index is 0.104. The van der Waals surface area contributed by atoms with Crippen LogP contribution in [0.1, 0.15) is 39.4 Å². The van der Waals surface area contributed by atoms with E-state index in [0.29, 0.717) is 35.9 Å². The Morgan fingerprint density at radius 1 is 1.16 bits per heavy atom. The zero-order chi connectivity index (χ0) is 22.7. The van der Waals surface area contributed by atoms with E-state index in [1.807, 2.05) is 55.6 Å². The molecule has 0 unspecified atom stereocenters. The number of nitrogens with two attached hydrogens (primary N) is 1. The highest BCUT2D eigenvalue weighted by molar-refractivity contribution is 7.09. The number of hydrogen-bond donors (Lipinski definition) is 1. The average Bonchev–Trinajstić information content (AvgIpc) is 3.43. The fourth-order valence-electron chi connectivity index (χ4n) is 3.42. The number of thiazole rings is 1. The lowest BCUT2D eigenvalue weighted by atomic mass is 9.94. The van der Waals surface area contributed by atoms with Crippen molar-refractivity contribution in [1.82, 2.24) is 20.1 Å². The van der Waals surface area contributed by atoms with Gasteiger partial charge in [0, 0.05) is 29.2 Å². The molecule has 0 saturated heterocycles. The topological polar surface area (TPSA) is 98.1 Å². The second-order valence-electron chi connectivity index (χ2n) is 8.12. The normalized spacial score (nSPS) is 13.0. The van der Waals surface area contributed by atoms with Crippen LogP contribution in [0.5, 0.6) is 0 Å². The molecule has 2 aromatic heterocycles. The summed E-state index contributed by atoms with van der Waals surface area (Å²) in [5.41, 5.74) is 8.93. The van der Waals surface area contributed by atoms with Crippen LogP contribution in [0.25, 0.3) is 11.5 Å². The predicted molar refractivity (Wildman–Crippen MR) is 124 cm³/mol. The van der Waals surface area contributed by atoms with Crippen molar-refractivity contribution >= 4 is 17.2 Å². The van der Waals surface area contributed by atoms with Gasteiger partial charge in [0.05, 0.1) is 12.1 Å². The number of carbonyl (C=O) groups is 1. The first kappa shape index (κ1) is 21.9. The smallest absolute Gasteiger partial charge is 0.253 e. The summed E-state index contributed by atoms with van der Waals surface area (Å²) in [6, 6.07) is 17.1. The molecule has 0 spiro atoms. The Hall–Kier alpha value is -3.36. The summed E-state index contributed by atoms with van der Waals surface area (Å²) >= 11 is 1.55. The van der Waals surface area contributed by atoms with Gasteiger partial charge in [0.25, 0.3) is 5.91 Å². The van der Waals surface area contributed by atoms with Crippen molar-refractivity contribution in [3.8, 4) is 11.5 Å². The standard InChI is InChI=1S/C24H25N5O2S/c1-16-15-32-20(26-16)14-29(3)22(30)19-11-7-10-18(12-19)21-27-28-23(31-21)24(2,25)13-17-8-5-4-6-9-17/h4-12,15H,13-14,25H2,1-3H3/t24-/m1/s1. The van der Waals surface area contributed by atoms with Gasteiger partial charge in [-0.25, -0.2) is 4.98 Å². The monoisotopic (exact) mass is 447 g/mol. The molecule has 164 valence electrons. The second kappa shape index (κ2) is 9.02. The third kappa shape index (κ3) is 4.92. The summed E-state index contributed by atoms with van der Waals surface area (Å²) in [7, 11) is 1.76. The SMILES string of the molecule is Cc1csc(CN(C)C(=O)c2cccc(-c3nnc([C@](C)(N)Cc4ccccc4)o3)c2)n1. The van der Waals surface area contributed by atoms with Gasteiger partial charge in [0.1, 0.15) is 5.01 Å². The van der Waals surface area contributed by atoms with Crippen LogP contribution in [0.2, 0.25) is 0 Å². The first-order valence-corrected chi connectivity index (χ1v) is 11.1. The molecule has 0 radical (unpaired) electrons. The third-order valence-electron chi connectivity index (χ3n) is 5.07. The maximum Gasteiger partial charge on any atom is 0.253 e. The van der Waals surface area contributed by atoms with Crippen LogP contribution in [0.15, 0.2) is 64.4 Å². The van der Waals surface area contributed by atoms with E-state index in [0.717, 1.165) is 16.3 Å². The summed E-state index contributed by atoms with van der Waals surface area (Å²) in [6.07, 6.45) is 0.565. The first-order chi connectivity index (χ1) is 15.3. The average molecular weight is 448 g/mol. The van der Waals surface area contributed by atoms with Crippen LogP contribution in [0, 0.1) is 6.92 Å². The summed E-state index contributed by atoms with van der Waals surface area (Å²) in [4.78, 5) is 19.0. The minimum Gasteiger partial charge on any atom is -0.419 e.